The number of fused-ring (bicyclic) bond motifs is 1. The molecular formula is C30H30N6O2. The summed E-state index contributed by atoms with van der Waals surface area (Å²) in [6.45, 7) is 4.62. The summed E-state index contributed by atoms with van der Waals surface area (Å²) in [5.74, 6) is 1.36. The Bertz CT molecular complexity index is 1520. The van der Waals surface area contributed by atoms with E-state index in [4.69, 9.17) is 4.74 Å². The molecule has 38 heavy (non-hydrogen) atoms. The first-order chi connectivity index (χ1) is 18.5. The second-order valence-corrected chi connectivity index (χ2v) is 10.5. The number of anilines is 1. The molecule has 8 heteroatoms. The Morgan fingerprint density at radius 2 is 2.05 bits per heavy atom. The molecule has 0 radical (unpaired) electrons. The third-order valence-electron chi connectivity index (χ3n) is 7.40. The summed E-state index contributed by atoms with van der Waals surface area (Å²) in [7, 11) is 0. The van der Waals surface area contributed by atoms with Crippen LogP contribution in [0.2, 0.25) is 0 Å². The first-order valence-electron chi connectivity index (χ1n) is 13.1. The van der Waals surface area contributed by atoms with E-state index in [9.17, 15) is 10.1 Å². The molecule has 1 atom stereocenters. The predicted molar refractivity (Wildman–Crippen MR) is 144 cm³/mol. The van der Waals surface area contributed by atoms with E-state index in [1.807, 2.05) is 55.6 Å². The quantitative estimate of drug-likeness (QED) is 0.367. The number of nitrogens with zero attached hydrogens (tertiary/aromatic N) is 5. The van der Waals surface area contributed by atoms with Gasteiger partial charge in [-0.15, -0.1) is 0 Å². The van der Waals surface area contributed by atoms with E-state index in [-0.39, 0.29) is 11.8 Å². The van der Waals surface area contributed by atoms with Crippen LogP contribution in [-0.2, 0) is 11.3 Å². The molecule has 1 amide bonds. The standard InChI is InChI=1S/C30H30N6O2/c1-21-13-26(24-9-11-36-25(14-24)15-28(34-36)33-29(37)23-7-8-23)27(16-32-21)38-20-30(18-31)10-12-35(19-30)17-22-5-3-2-4-6-22/h2-6,9,11,13-16,23H,7-8,10,12,17,19-20H2,1H3,(H,33,34,37)/t30-/m0/s1. The van der Waals surface area contributed by atoms with Crippen molar-refractivity contribution in [2.75, 3.05) is 25.0 Å². The molecule has 3 aromatic heterocycles. The van der Waals surface area contributed by atoms with Crippen molar-refractivity contribution in [1.29, 1.82) is 5.26 Å². The molecule has 1 aromatic carbocycles. The molecule has 8 nitrogen and oxygen atoms in total. The zero-order chi connectivity index (χ0) is 26.1. The number of pyridine rings is 2. The summed E-state index contributed by atoms with van der Waals surface area (Å²) >= 11 is 0. The smallest absolute Gasteiger partial charge is 0.228 e. The third-order valence-corrected chi connectivity index (χ3v) is 7.40. The van der Waals surface area contributed by atoms with Crippen molar-refractivity contribution in [2.45, 2.75) is 32.7 Å². The van der Waals surface area contributed by atoms with Crippen LogP contribution in [0.1, 0.15) is 30.5 Å². The number of benzene rings is 1. The van der Waals surface area contributed by atoms with Crippen LogP contribution in [-0.4, -0.2) is 45.1 Å². The molecule has 0 unspecified atom stereocenters. The lowest BCUT2D eigenvalue weighted by atomic mass is 9.90. The lowest BCUT2D eigenvalue weighted by molar-refractivity contribution is -0.117. The molecule has 6 rings (SSSR count). The number of carbonyl (C=O) groups excluding carboxylic acids is 1. The maximum Gasteiger partial charge on any atom is 0.228 e. The molecule has 0 bridgehead atoms. The molecule has 1 aliphatic carbocycles. The average Bonchev–Trinajstić information content (AvgIpc) is 3.60. The predicted octanol–water partition coefficient (Wildman–Crippen LogP) is 4.85. The van der Waals surface area contributed by atoms with Gasteiger partial charge in [0.2, 0.25) is 5.91 Å². The highest BCUT2D eigenvalue weighted by Crippen LogP contribution is 2.36. The number of hydrogen-bond donors (Lipinski definition) is 1. The van der Waals surface area contributed by atoms with Crippen molar-refractivity contribution in [1.82, 2.24) is 19.5 Å². The Labute approximate surface area is 221 Å². The summed E-state index contributed by atoms with van der Waals surface area (Å²) in [6, 6.07) is 20.8. The fourth-order valence-electron chi connectivity index (χ4n) is 5.08. The van der Waals surface area contributed by atoms with Gasteiger partial charge >= 0.3 is 0 Å². The number of nitriles is 1. The minimum atomic E-state index is -0.568. The van der Waals surface area contributed by atoms with E-state index < -0.39 is 5.41 Å². The molecule has 192 valence electrons. The lowest BCUT2D eigenvalue weighted by Crippen LogP contribution is -2.31. The highest BCUT2D eigenvalue weighted by atomic mass is 16.5. The second-order valence-electron chi connectivity index (χ2n) is 10.5. The molecule has 1 saturated carbocycles. The Balaban J connectivity index is 1.19. The monoisotopic (exact) mass is 506 g/mol. The number of likely N-dealkylation sites (tertiary alicyclic amines) is 1. The number of rotatable bonds is 8. The highest BCUT2D eigenvalue weighted by molar-refractivity contribution is 5.93. The van der Waals surface area contributed by atoms with Gasteiger partial charge in [0.25, 0.3) is 0 Å². The van der Waals surface area contributed by atoms with Gasteiger partial charge in [0.05, 0.1) is 17.8 Å². The molecular weight excluding hydrogens is 476 g/mol. The topological polar surface area (TPSA) is 95.5 Å². The minimum Gasteiger partial charge on any atom is -0.490 e. The zero-order valence-electron chi connectivity index (χ0n) is 21.4. The summed E-state index contributed by atoms with van der Waals surface area (Å²) in [4.78, 5) is 18.9. The first kappa shape index (κ1) is 24.1. The number of nitrogens with one attached hydrogen (secondary N) is 1. The Morgan fingerprint density at radius 3 is 2.84 bits per heavy atom. The number of ether oxygens (including phenoxy) is 1. The molecule has 1 N–H and O–H groups in total. The van der Waals surface area contributed by atoms with Crippen molar-refractivity contribution in [3.05, 3.63) is 78.2 Å². The SMILES string of the molecule is Cc1cc(-c2ccn3nc(NC(=O)C4CC4)cc3c2)c(OC[C@]2(C#N)CCN(Cc3ccccc3)C2)cn1. The number of aryl methyl sites for hydroxylation is 1. The molecule has 4 aromatic rings. The third kappa shape index (κ3) is 5.11. The zero-order valence-corrected chi connectivity index (χ0v) is 21.4. The van der Waals surface area contributed by atoms with Gasteiger partial charge in [-0.2, -0.15) is 10.4 Å². The van der Waals surface area contributed by atoms with Crippen LogP contribution < -0.4 is 10.1 Å². The highest BCUT2D eigenvalue weighted by Gasteiger charge is 2.39. The van der Waals surface area contributed by atoms with Crippen LogP contribution in [0.3, 0.4) is 0 Å². The van der Waals surface area contributed by atoms with Crippen molar-refractivity contribution in [3.8, 4) is 22.9 Å². The molecule has 1 aliphatic heterocycles. The van der Waals surface area contributed by atoms with E-state index in [2.05, 4.69) is 38.5 Å². The number of hydrogen-bond acceptors (Lipinski definition) is 6. The van der Waals surface area contributed by atoms with E-state index in [0.717, 1.165) is 54.7 Å². The Kier molecular flexibility index (Phi) is 6.30. The maximum atomic E-state index is 12.2. The van der Waals surface area contributed by atoms with Gasteiger partial charge < -0.3 is 10.1 Å². The summed E-state index contributed by atoms with van der Waals surface area (Å²) < 4.78 is 8.09. The molecule has 2 aliphatic rings. The summed E-state index contributed by atoms with van der Waals surface area (Å²) in [5.41, 5.74) is 4.30. The minimum absolute atomic E-state index is 0.0368. The van der Waals surface area contributed by atoms with Crippen molar-refractivity contribution in [2.24, 2.45) is 11.3 Å². The van der Waals surface area contributed by atoms with Gasteiger partial charge in [0.15, 0.2) is 5.82 Å². The molecule has 0 spiro atoms. The Morgan fingerprint density at radius 1 is 1.21 bits per heavy atom. The average molecular weight is 507 g/mol. The van der Waals surface area contributed by atoms with Crippen LogP contribution in [0.4, 0.5) is 5.82 Å². The Hall–Kier alpha value is -4.22. The van der Waals surface area contributed by atoms with Crippen LogP contribution in [0.15, 0.2) is 67.0 Å². The van der Waals surface area contributed by atoms with Gasteiger partial charge in [-0.25, -0.2) is 4.52 Å². The largest absolute Gasteiger partial charge is 0.490 e. The lowest BCUT2D eigenvalue weighted by Gasteiger charge is -2.23. The fraction of sp³-hybridized carbons (Fsp3) is 0.333. The maximum absolute atomic E-state index is 12.2. The van der Waals surface area contributed by atoms with Crippen molar-refractivity contribution < 1.29 is 9.53 Å². The van der Waals surface area contributed by atoms with Gasteiger partial charge in [-0.1, -0.05) is 30.3 Å². The second kappa shape index (κ2) is 9.92. The van der Waals surface area contributed by atoms with E-state index in [1.165, 1.54) is 5.56 Å². The van der Waals surface area contributed by atoms with E-state index in [1.54, 1.807) is 10.7 Å². The van der Waals surface area contributed by atoms with E-state index >= 15 is 0 Å². The van der Waals surface area contributed by atoms with Crippen LogP contribution in [0.25, 0.3) is 16.6 Å². The van der Waals surface area contributed by atoms with Crippen molar-refractivity contribution >= 4 is 17.2 Å². The van der Waals surface area contributed by atoms with Gasteiger partial charge in [-0.3, -0.25) is 14.7 Å². The van der Waals surface area contributed by atoms with Gasteiger partial charge in [0, 0.05) is 49.1 Å². The van der Waals surface area contributed by atoms with Crippen LogP contribution >= 0.6 is 0 Å². The van der Waals surface area contributed by atoms with Gasteiger partial charge in [0.1, 0.15) is 17.8 Å². The van der Waals surface area contributed by atoms with Gasteiger partial charge in [-0.05, 0) is 55.5 Å². The molecule has 4 heterocycles. The molecule has 1 saturated heterocycles. The number of aromatic nitrogens is 3. The number of amides is 1. The summed E-state index contributed by atoms with van der Waals surface area (Å²) in [6.07, 6.45) is 6.29. The van der Waals surface area contributed by atoms with Crippen molar-refractivity contribution in [3.63, 3.8) is 0 Å². The number of carbonyl (C=O) groups is 1. The summed E-state index contributed by atoms with van der Waals surface area (Å²) in [5, 5.41) is 17.5. The van der Waals surface area contributed by atoms with E-state index in [0.29, 0.717) is 24.7 Å². The first-order valence-corrected chi connectivity index (χ1v) is 13.1. The van der Waals surface area contributed by atoms with Crippen LogP contribution in [0, 0.1) is 29.6 Å². The normalized spacial score (nSPS) is 19.4. The van der Waals surface area contributed by atoms with Crippen LogP contribution in [0.5, 0.6) is 5.75 Å². The molecule has 2 fully saturated rings. The fourth-order valence-corrected chi connectivity index (χ4v) is 5.08.